The van der Waals surface area contributed by atoms with Gasteiger partial charge in [-0.3, -0.25) is 9.69 Å². The Morgan fingerprint density at radius 2 is 2.12 bits per heavy atom. The van der Waals surface area contributed by atoms with Crippen molar-refractivity contribution in [3.63, 3.8) is 0 Å². The minimum absolute atomic E-state index is 0.00359. The van der Waals surface area contributed by atoms with E-state index in [0.717, 1.165) is 17.6 Å². The SMILES string of the molecule is O=C(CN1CCCC1)Nc1ccc(Br)cc1Cl. The molecule has 2 rings (SSSR count). The van der Waals surface area contributed by atoms with Gasteiger partial charge in [-0.2, -0.15) is 0 Å². The molecule has 1 aromatic rings. The van der Waals surface area contributed by atoms with Crippen LogP contribution in [0.1, 0.15) is 12.8 Å². The van der Waals surface area contributed by atoms with Gasteiger partial charge < -0.3 is 5.32 Å². The average Bonchev–Trinajstić information content (AvgIpc) is 2.75. The van der Waals surface area contributed by atoms with E-state index < -0.39 is 0 Å². The molecule has 1 fully saturated rings. The maximum atomic E-state index is 11.8. The molecule has 1 amide bonds. The molecule has 1 saturated heterocycles. The van der Waals surface area contributed by atoms with Crippen LogP contribution in [0.15, 0.2) is 22.7 Å². The lowest BCUT2D eigenvalue weighted by atomic mass is 10.3. The van der Waals surface area contributed by atoms with Crippen molar-refractivity contribution in [3.05, 3.63) is 27.7 Å². The first kappa shape index (κ1) is 12.9. The second kappa shape index (κ2) is 5.85. The molecular weight excluding hydrogens is 304 g/mol. The number of nitrogens with zero attached hydrogens (tertiary/aromatic N) is 1. The lowest BCUT2D eigenvalue weighted by Gasteiger charge is -2.14. The number of halogens is 2. The summed E-state index contributed by atoms with van der Waals surface area (Å²) in [7, 11) is 0. The van der Waals surface area contributed by atoms with Crippen LogP contribution in [0.3, 0.4) is 0 Å². The van der Waals surface area contributed by atoms with Crippen molar-refractivity contribution in [3.8, 4) is 0 Å². The van der Waals surface area contributed by atoms with E-state index in [1.165, 1.54) is 12.8 Å². The largest absolute Gasteiger partial charge is 0.324 e. The molecule has 1 heterocycles. The normalized spacial score (nSPS) is 16.1. The third-order valence-corrected chi connectivity index (χ3v) is 3.58. The van der Waals surface area contributed by atoms with Gasteiger partial charge in [0.25, 0.3) is 0 Å². The zero-order valence-corrected chi connectivity index (χ0v) is 11.7. The number of nitrogens with one attached hydrogen (secondary N) is 1. The number of carbonyl (C=O) groups is 1. The van der Waals surface area contributed by atoms with Crippen molar-refractivity contribution in [2.24, 2.45) is 0 Å². The number of carbonyl (C=O) groups excluding carboxylic acids is 1. The molecule has 0 unspecified atom stereocenters. The Hall–Kier alpha value is -0.580. The highest BCUT2D eigenvalue weighted by Crippen LogP contribution is 2.25. The second-order valence-corrected chi connectivity index (χ2v) is 5.48. The number of hydrogen-bond acceptors (Lipinski definition) is 2. The molecule has 92 valence electrons. The van der Waals surface area contributed by atoms with E-state index in [0.29, 0.717) is 17.3 Å². The van der Waals surface area contributed by atoms with Crippen molar-refractivity contribution < 1.29 is 4.79 Å². The summed E-state index contributed by atoms with van der Waals surface area (Å²) in [5, 5.41) is 3.38. The fourth-order valence-corrected chi connectivity index (χ4v) is 2.65. The van der Waals surface area contributed by atoms with Gasteiger partial charge in [-0.25, -0.2) is 0 Å². The zero-order chi connectivity index (χ0) is 12.3. The fraction of sp³-hybridized carbons (Fsp3) is 0.417. The molecule has 1 N–H and O–H groups in total. The molecule has 0 saturated carbocycles. The van der Waals surface area contributed by atoms with Crippen LogP contribution in [0.2, 0.25) is 5.02 Å². The first-order chi connectivity index (χ1) is 8.15. The van der Waals surface area contributed by atoms with Crippen LogP contribution in [0.4, 0.5) is 5.69 Å². The van der Waals surface area contributed by atoms with Crippen LogP contribution in [0.25, 0.3) is 0 Å². The molecule has 0 bridgehead atoms. The van der Waals surface area contributed by atoms with Crippen LogP contribution >= 0.6 is 27.5 Å². The summed E-state index contributed by atoms with van der Waals surface area (Å²) < 4.78 is 0.903. The number of anilines is 1. The number of rotatable bonds is 3. The van der Waals surface area contributed by atoms with Gasteiger partial charge in [-0.05, 0) is 44.1 Å². The van der Waals surface area contributed by atoms with E-state index in [4.69, 9.17) is 11.6 Å². The van der Waals surface area contributed by atoms with Crippen LogP contribution < -0.4 is 5.32 Å². The monoisotopic (exact) mass is 316 g/mol. The molecule has 0 atom stereocenters. The van der Waals surface area contributed by atoms with Crippen molar-refractivity contribution in [2.75, 3.05) is 25.0 Å². The maximum absolute atomic E-state index is 11.8. The summed E-state index contributed by atoms with van der Waals surface area (Å²) in [5.41, 5.74) is 0.666. The van der Waals surface area contributed by atoms with Crippen molar-refractivity contribution in [1.82, 2.24) is 4.90 Å². The van der Waals surface area contributed by atoms with Crippen molar-refractivity contribution in [1.29, 1.82) is 0 Å². The standard InChI is InChI=1S/C12H14BrClN2O/c13-9-3-4-11(10(14)7-9)15-12(17)8-16-5-1-2-6-16/h3-4,7H,1-2,5-6,8H2,(H,15,17). The molecule has 1 aliphatic rings. The first-order valence-electron chi connectivity index (χ1n) is 5.62. The molecule has 1 aromatic carbocycles. The lowest BCUT2D eigenvalue weighted by Crippen LogP contribution is -2.30. The third kappa shape index (κ3) is 3.69. The van der Waals surface area contributed by atoms with Crippen LogP contribution in [0.5, 0.6) is 0 Å². The Kier molecular flexibility index (Phi) is 4.42. The maximum Gasteiger partial charge on any atom is 0.238 e. The smallest absolute Gasteiger partial charge is 0.238 e. The second-order valence-electron chi connectivity index (χ2n) is 4.16. The number of amides is 1. The molecule has 1 aliphatic heterocycles. The quantitative estimate of drug-likeness (QED) is 0.929. The number of likely N-dealkylation sites (tertiary alicyclic amines) is 1. The van der Waals surface area contributed by atoms with E-state index in [9.17, 15) is 4.79 Å². The summed E-state index contributed by atoms with van der Waals surface area (Å²) in [6.45, 7) is 2.48. The Morgan fingerprint density at radius 3 is 2.76 bits per heavy atom. The van der Waals surface area contributed by atoms with Gasteiger partial charge in [0.2, 0.25) is 5.91 Å². The van der Waals surface area contributed by atoms with Gasteiger partial charge in [-0.15, -0.1) is 0 Å². The number of hydrogen-bond donors (Lipinski definition) is 1. The molecule has 3 nitrogen and oxygen atoms in total. The lowest BCUT2D eigenvalue weighted by molar-refractivity contribution is -0.117. The Morgan fingerprint density at radius 1 is 1.41 bits per heavy atom. The highest BCUT2D eigenvalue weighted by atomic mass is 79.9. The van der Waals surface area contributed by atoms with Gasteiger partial charge >= 0.3 is 0 Å². The van der Waals surface area contributed by atoms with Crippen molar-refractivity contribution >= 4 is 39.1 Å². The fourth-order valence-electron chi connectivity index (χ4n) is 1.92. The topological polar surface area (TPSA) is 32.3 Å². The van der Waals surface area contributed by atoms with Gasteiger partial charge in [0.1, 0.15) is 0 Å². The zero-order valence-electron chi connectivity index (χ0n) is 9.38. The van der Waals surface area contributed by atoms with E-state index in [1.807, 2.05) is 6.07 Å². The molecule has 0 spiro atoms. The van der Waals surface area contributed by atoms with Crippen molar-refractivity contribution in [2.45, 2.75) is 12.8 Å². The highest BCUT2D eigenvalue weighted by Gasteiger charge is 2.15. The Bertz CT molecular complexity index is 419. The summed E-state index contributed by atoms with van der Waals surface area (Å²) >= 11 is 9.36. The third-order valence-electron chi connectivity index (χ3n) is 2.77. The first-order valence-corrected chi connectivity index (χ1v) is 6.79. The predicted molar refractivity (Wildman–Crippen MR) is 73.5 cm³/mol. The number of benzene rings is 1. The van der Waals surface area contributed by atoms with E-state index in [1.54, 1.807) is 12.1 Å². The van der Waals surface area contributed by atoms with E-state index in [2.05, 4.69) is 26.1 Å². The van der Waals surface area contributed by atoms with Gasteiger partial charge in [-0.1, -0.05) is 27.5 Å². The summed E-state index contributed by atoms with van der Waals surface area (Å²) in [6, 6.07) is 5.43. The summed E-state index contributed by atoms with van der Waals surface area (Å²) in [6.07, 6.45) is 2.37. The van der Waals surface area contributed by atoms with Crippen LogP contribution in [0, 0.1) is 0 Å². The Labute approximate surface area is 114 Å². The molecular formula is C12H14BrClN2O. The van der Waals surface area contributed by atoms with Crippen LogP contribution in [-0.2, 0) is 4.79 Å². The molecule has 0 aromatic heterocycles. The average molecular weight is 318 g/mol. The van der Waals surface area contributed by atoms with E-state index >= 15 is 0 Å². The predicted octanol–water partition coefficient (Wildman–Crippen LogP) is 3.14. The van der Waals surface area contributed by atoms with Gasteiger partial charge in [0.15, 0.2) is 0 Å². The molecule has 17 heavy (non-hydrogen) atoms. The summed E-state index contributed by atoms with van der Waals surface area (Å²) in [5.74, 6) is -0.00359. The highest BCUT2D eigenvalue weighted by molar-refractivity contribution is 9.10. The van der Waals surface area contributed by atoms with Gasteiger partial charge in [0.05, 0.1) is 17.3 Å². The minimum atomic E-state index is -0.00359. The summed E-state index contributed by atoms with van der Waals surface area (Å²) in [4.78, 5) is 13.9. The van der Waals surface area contributed by atoms with E-state index in [-0.39, 0.29) is 5.91 Å². The molecule has 0 radical (unpaired) electrons. The van der Waals surface area contributed by atoms with Crippen LogP contribution in [-0.4, -0.2) is 30.4 Å². The molecule has 0 aliphatic carbocycles. The van der Waals surface area contributed by atoms with Gasteiger partial charge in [0, 0.05) is 4.47 Å². The Balaban J connectivity index is 1.93. The molecule has 5 heteroatoms. The minimum Gasteiger partial charge on any atom is -0.324 e.